The molecule has 2 aliphatic rings. The van der Waals surface area contributed by atoms with Crippen LogP contribution in [0.5, 0.6) is 0 Å². The molecule has 1 saturated carbocycles. The van der Waals surface area contributed by atoms with Crippen LogP contribution in [0.25, 0.3) is 0 Å². The Hall–Kier alpha value is -1.36. The van der Waals surface area contributed by atoms with E-state index < -0.39 is 0 Å². The molecule has 1 N–H and O–H groups in total. The average Bonchev–Trinajstić information content (AvgIpc) is 3.23. The summed E-state index contributed by atoms with van der Waals surface area (Å²) in [5, 5.41) is 7.68. The van der Waals surface area contributed by atoms with Gasteiger partial charge in [-0.3, -0.25) is 9.89 Å². The van der Waals surface area contributed by atoms with Gasteiger partial charge in [-0.15, -0.1) is 0 Å². The van der Waals surface area contributed by atoms with Crippen molar-refractivity contribution in [1.82, 2.24) is 20.0 Å². The van der Waals surface area contributed by atoms with E-state index in [0.717, 1.165) is 39.0 Å². The largest absolute Gasteiger partial charge is 0.342 e. The van der Waals surface area contributed by atoms with Crippen LogP contribution in [0.2, 0.25) is 0 Å². The second-order valence-corrected chi connectivity index (χ2v) is 9.85. The highest BCUT2D eigenvalue weighted by Crippen LogP contribution is 2.48. The SMILES string of the molecule is CCCCN(C)Cc1cn[nH]c1C1CCC2(CC1)CC(=O)N(CCC(C)C)C2. The average molecular weight is 389 g/mol. The van der Waals surface area contributed by atoms with Gasteiger partial charge in [0.05, 0.1) is 6.20 Å². The number of aromatic amines is 1. The molecule has 5 heteroatoms. The van der Waals surface area contributed by atoms with Crippen molar-refractivity contribution < 1.29 is 4.79 Å². The lowest BCUT2D eigenvalue weighted by Gasteiger charge is -2.36. The molecule has 0 unspecified atom stereocenters. The Morgan fingerprint density at radius 3 is 2.79 bits per heavy atom. The maximum atomic E-state index is 12.5. The van der Waals surface area contributed by atoms with Crippen molar-refractivity contribution in [2.75, 3.05) is 26.7 Å². The predicted octanol–water partition coefficient (Wildman–Crippen LogP) is 4.56. The van der Waals surface area contributed by atoms with Gasteiger partial charge in [0, 0.05) is 43.2 Å². The van der Waals surface area contributed by atoms with Crippen LogP contribution in [0, 0.1) is 11.3 Å². The Balaban J connectivity index is 1.55. The summed E-state index contributed by atoms with van der Waals surface area (Å²) in [6, 6.07) is 0. The number of likely N-dealkylation sites (tertiary alicyclic amines) is 1. The van der Waals surface area contributed by atoms with E-state index in [-0.39, 0.29) is 5.41 Å². The third kappa shape index (κ3) is 5.16. The summed E-state index contributed by atoms with van der Waals surface area (Å²) in [6.45, 7) is 10.8. The normalized spacial score (nSPS) is 25.6. The zero-order chi connectivity index (χ0) is 20.1. The maximum absolute atomic E-state index is 12.5. The van der Waals surface area contributed by atoms with Crippen molar-refractivity contribution in [2.24, 2.45) is 11.3 Å². The van der Waals surface area contributed by atoms with Gasteiger partial charge in [0.1, 0.15) is 0 Å². The molecule has 1 amide bonds. The Morgan fingerprint density at radius 2 is 2.11 bits per heavy atom. The lowest BCUT2D eigenvalue weighted by atomic mass is 9.69. The van der Waals surface area contributed by atoms with E-state index in [2.05, 4.69) is 47.8 Å². The second-order valence-electron chi connectivity index (χ2n) is 9.85. The Kier molecular flexibility index (Phi) is 7.19. The molecule has 1 aromatic rings. The summed E-state index contributed by atoms with van der Waals surface area (Å²) >= 11 is 0. The second kappa shape index (κ2) is 9.43. The van der Waals surface area contributed by atoms with Gasteiger partial charge in [-0.2, -0.15) is 5.10 Å². The number of amides is 1. The van der Waals surface area contributed by atoms with Crippen molar-refractivity contribution in [3.63, 3.8) is 0 Å². The number of rotatable bonds is 9. The molecule has 28 heavy (non-hydrogen) atoms. The molecule has 1 saturated heterocycles. The first kappa shape index (κ1) is 21.4. The van der Waals surface area contributed by atoms with Gasteiger partial charge in [0.25, 0.3) is 0 Å². The molecule has 3 rings (SSSR count). The highest BCUT2D eigenvalue weighted by atomic mass is 16.2. The lowest BCUT2D eigenvalue weighted by molar-refractivity contribution is -0.128. The summed E-state index contributed by atoms with van der Waals surface area (Å²) in [6.07, 6.45) is 11.1. The molecular weight excluding hydrogens is 348 g/mol. The van der Waals surface area contributed by atoms with E-state index in [4.69, 9.17) is 0 Å². The molecule has 5 nitrogen and oxygen atoms in total. The van der Waals surface area contributed by atoms with Crippen molar-refractivity contribution in [3.05, 3.63) is 17.5 Å². The molecular formula is C23H40N4O. The number of nitrogens with one attached hydrogen (secondary N) is 1. The van der Waals surface area contributed by atoms with E-state index in [0.29, 0.717) is 17.7 Å². The molecule has 1 aliphatic heterocycles. The maximum Gasteiger partial charge on any atom is 0.223 e. The molecule has 2 fully saturated rings. The number of H-pyrrole nitrogens is 1. The topological polar surface area (TPSA) is 52.2 Å². The van der Waals surface area contributed by atoms with Crippen LogP contribution >= 0.6 is 0 Å². The van der Waals surface area contributed by atoms with Crippen molar-refractivity contribution >= 4 is 5.91 Å². The van der Waals surface area contributed by atoms with E-state index in [1.165, 1.54) is 49.8 Å². The predicted molar refractivity (Wildman–Crippen MR) is 114 cm³/mol. The summed E-state index contributed by atoms with van der Waals surface area (Å²) in [4.78, 5) is 17.1. The minimum absolute atomic E-state index is 0.239. The zero-order valence-corrected chi connectivity index (χ0v) is 18.5. The molecule has 0 bridgehead atoms. The van der Waals surface area contributed by atoms with E-state index >= 15 is 0 Å². The van der Waals surface area contributed by atoms with Crippen LogP contribution in [0.3, 0.4) is 0 Å². The highest BCUT2D eigenvalue weighted by Gasteiger charge is 2.45. The fourth-order valence-electron chi connectivity index (χ4n) is 5.05. The van der Waals surface area contributed by atoms with Crippen LogP contribution in [-0.2, 0) is 11.3 Å². The smallest absolute Gasteiger partial charge is 0.223 e. The van der Waals surface area contributed by atoms with Crippen molar-refractivity contribution in [3.8, 4) is 0 Å². The Morgan fingerprint density at radius 1 is 1.36 bits per heavy atom. The van der Waals surface area contributed by atoms with Crippen LogP contribution in [0.4, 0.5) is 0 Å². The molecule has 0 atom stereocenters. The lowest BCUT2D eigenvalue weighted by Crippen LogP contribution is -2.32. The zero-order valence-electron chi connectivity index (χ0n) is 18.5. The summed E-state index contributed by atoms with van der Waals surface area (Å²) < 4.78 is 0. The number of hydrogen-bond donors (Lipinski definition) is 1. The van der Waals surface area contributed by atoms with Crippen LogP contribution < -0.4 is 0 Å². The minimum Gasteiger partial charge on any atom is -0.342 e. The first-order chi connectivity index (χ1) is 13.4. The van der Waals surface area contributed by atoms with Gasteiger partial charge in [0.15, 0.2) is 0 Å². The number of nitrogens with zero attached hydrogens (tertiary/aromatic N) is 3. The number of aromatic nitrogens is 2. The third-order valence-corrected chi connectivity index (χ3v) is 6.92. The first-order valence-electron chi connectivity index (χ1n) is 11.4. The fraction of sp³-hybridized carbons (Fsp3) is 0.826. The van der Waals surface area contributed by atoms with Gasteiger partial charge in [-0.05, 0) is 63.5 Å². The number of carbonyl (C=O) groups excluding carboxylic acids is 1. The van der Waals surface area contributed by atoms with Gasteiger partial charge in [-0.1, -0.05) is 27.2 Å². The van der Waals surface area contributed by atoms with Gasteiger partial charge >= 0.3 is 0 Å². The molecule has 1 aliphatic carbocycles. The standard InChI is InChI=1S/C23H40N4O/c1-5-6-12-26(4)16-20-15-24-25-22(20)19-7-10-23(11-8-19)14-21(28)27(17-23)13-9-18(2)3/h15,18-19H,5-14,16-17H2,1-4H3,(H,24,25). The van der Waals surface area contributed by atoms with Gasteiger partial charge in [-0.25, -0.2) is 0 Å². The molecule has 0 aromatic carbocycles. The quantitative estimate of drug-likeness (QED) is 0.674. The van der Waals surface area contributed by atoms with Gasteiger partial charge in [0.2, 0.25) is 5.91 Å². The van der Waals surface area contributed by atoms with Crippen molar-refractivity contribution in [1.29, 1.82) is 0 Å². The summed E-state index contributed by atoms with van der Waals surface area (Å²) in [5.41, 5.74) is 2.95. The van der Waals surface area contributed by atoms with E-state index in [9.17, 15) is 4.79 Å². The van der Waals surface area contributed by atoms with Crippen LogP contribution in [0.1, 0.15) is 89.3 Å². The number of unbranched alkanes of at least 4 members (excludes halogenated alkanes) is 1. The fourth-order valence-corrected chi connectivity index (χ4v) is 5.05. The summed E-state index contributed by atoms with van der Waals surface area (Å²) in [7, 11) is 2.21. The number of hydrogen-bond acceptors (Lipinski definition) is 3. The highest BCUT2D eigenvalue weighted by molar-refractivity contribution is 5.79. The molecule has 1 spiro atoms. The monoisotopic (exact) mass is 388 g/mol. The van der Waals surface area contributed by atoms with E-state index in [1.807, 2.05) is 6.20 Å². The van der Waals surface area contributed by atoms with Crippen LogP contribution in [0.15, 0.2) is 6.20 Å². The van der Waals surface area contributed by atoms with E-state index in [1.54, 1.807) is 0 Å². The minimum atomic E-state index is 0.239. The van der Waals surface area contributed by atoms with Crippen LogP contribution in [-0.4, -0.2) is 52.6 Å². The third-order valence-electron chi connectivity index (χ3n) is 6.92. The molecule has 158 valence electrons. The summed E-state index contributed by atoms with van der Waals surface area (Å²) in [5.74, 6) is 1.62. The molecule has 0 radical (unpaired) electrons. The number of carbonyl (C=O) groups is 1. The molecule has 1 aromatic heterocycles. The molecule has 2 heterocycles. The first-order valence-corrected chi connectivity index (χ1v) is 11.4. The van der Waals surface area contributed by atoms with Crippen molar-refractivity contribution in [2.45, 2.75) is 84.6 Å². The van der Waals surface area contributed by atoms with Gasteiger partial charge < -0.3 is 9.80 Å². The Labute approximate surface area is 171 Å². The Bertz CT molecular complexity index is 630.